The Hall–Kier alpha value is -2.44. The van der Waals surface area contributed by atoms with Crippen molar-refractivity contribution in [2.45, 2.75) is 20.4 Å². The number of aromatic carboxylic acids is 1. The molecule has 1 aromatic carbocycles. The molecule has 0 bridgehead atoms. The molecule has 2 N–H and O–H groups in total. The quantitative estimate of drug-likeness (QED) is 0.845. The minimum absolute atomic E-state index is 0.0201. The molecule has 0 saturated heterocycles. The van der Waals surface area contributed by atoms with E-state index in [-0.39, 0.29) is 18.0 Å². The van der Waals surface area contributed by atoms with E-state index >= 15 is 0 Å². The van der Waals surface area contributed by atoms with E-state index in [1.54, 1.807) is 6.07 Å². The van der Waals surface area contributed by atoms with Crippen molar-refractivity contribution in [2.75, 3.05) is 6.54 Å². The molecule has 106 valence electrons. The highest BCUT2D eigenvalue weighted by Crippen LogP contribution is 2.13. The van der Waals surface area contributed by atoms with Crippen molar-refractivity contribution in [3.8, 4) is 0 Å². The molecule has 0 aliphatic carbocycles. The summed E-state index contributed by atoms with van der Waals surface area (Å²) in [7, 11) is 0. The average Bonchev–Trinajstić information content (AvgIpc) is 2.79. The maximum atomic E-state index is 11.8. The first-order chi connectivity index (χ1) is 9.47. The van der Waals surface area contributed by atoms with E-state index in [0.717, 1.165) is 0 Å². The minimum atomic E-state index is -1.02. The molecule has 0 aliphatic heterocycles. The molecule has 0 radical (unpaired) electrons. The fraction of sp³-hybridized carbons (Fsp3) is 0.385. The second kappa shape index (κ2) is 5.68. The number of amides is 1. The summed E-state index contributed by atoms with van der Waals surface area (Å²) in [5.41, 5.74) is 1.24. The normalized spacial score (nSPS) is 10.9. The first-order valence-electron chi connectivity index (χ1n) is 6.30. The highest BCUT2D eigenvalue weighted by molar-refractivity contribution is 5.92. The van der Waals surface area contributed by atoms with Gasteiger partial charge in [0, 0.05) is 6.54 Å². The predicted molar refractivity (Wildman–Crippen MR) is 72.3 cm³/mol. The predicted octanol–water partition coefficient (Wildman–Crippen LogP) is 0.902. The third-order valence-corrected chi connectivity index (χ3v) is 2.76. The lowest BCUT2D eigenvalue weighted by molar-refractivity contribution is -0.121. The van der Waals surface area contributed by atoms with Gasteiger partial charge in [0.2, 0.25) is 5.91 Å². The molecule has 1 aromatic heterocycles. The lowest BCUT2D eigenvalue weighted by Gasteiger charge is -2.07. The number of fused-ring (bicyclic) bond motifs is 1. The summed E-state index contributed by atoms with van der Waals surface area (Å²) in [4.78, 5) is 22.7. The largest absolute Gasteiger partial charge is 0.478 e. The second-order valence-electron chi connectivity index (χ2n) is 4.95. The van der Waals surface area contributed by atoms with Gasteiger partial charge in [0.25, 0.3) is 0 Å². The van der Waals surface area contributed by atoms with Gasteiger partial charge in [-0.15, -0.1) is 5.10 Å². The number of nitrogens with one attached hydrogen (secondary N) is 1. The van der Waals surface area contributed by atoms with Crippen molar-refractivity contribution in [3.63, 3.8) is 0 Å². The molecule has 0 aliphatic rings. The molecule has 2 aromatic rings. The zero-order valence-corrected chi connectivity index (χ0v) is 11.3. The van der Waals surface area contributed by atoms with Crippen molar-refractivity contribution in [1.82, 2.24) is 20.3 Å². The summed E-state index contributed by atoms with van der Waals surface area (Å²) in [5.74, 6) is -0.833. The number of carboxylic acids is 1. The number of hydrogen-bond donors (Lipinski definition) is 2. The van der Waals surface area contributed by atoms with E-state index < -0.39 is 5.97 Å². The molecule has 20 heavy (non-hydrogen) atoms. The van der Waals surface area contributed by atoms with Crippen molar-refractivity contribution in [3.05, 3.63) is 23.8 Å². The monoisotopic (exact) mass is 276 g/mol. The van der Waals surface area contributed by atoms with E-state index in [4.69, 9.17) is 5.11 Å². The van der Waals surface area contributed by atoms with Crippen LogP contribution in [-0.2, 0) is 11.3 Å². The first kappa shape index (κ1) is 14.0. The maximum Gasteiger partial charge on any atom is 0.335 e. The minimum Gasteiger partial charge on any atom is -0.478 e. The highest BCUT2D eigenvalue weighted by Gasteiger charge is 2.11. The first-order valence-corrected chi connectivity index (χ1v) is 6.30. The Kier molecular flexibility index (Phi) is 3.97. The van der Waals surface area contributed by atoms with Crippen LogP contribution in [0.1, 0.15) is 24.2 Å². The third kappa shape index (κ3) is 3.11. The Labute approximate surface area is 115 Å². The van der Waals surface area contributed by atoms with Crippen molar-refractivity contribution in [1.29, 1.82) is 0 Å². The van der Waals surface area contributed by atoms with Gasteiger partial charge in [-0.25, -0.2) is 9.48 Å². The number of carbonyl (C=O) groups is 2. The molecule has 1 amide bonds. The van der Waals surface area contributed by atoms with E-state index in [1.807, 2.05) is 13.8 Å². The van der Waals surface area contributed by atoms with Crippen LogP contribution in [0.2, 0.25) is 0 Å². The molecular weight excluding hydrogens is 260 g/mol. The van der Waals surface area contributed by atoms with E-state index in [1.165, 1.54) is 16.8 Å². The van der Waals surface area contributed by atoms with Gasteiger partial charge in [-0.2, -0.15) is 0 Å². The number of rotatable bonds is 5. The van der Waals surface area contributed by atoms with E-state index in [0.29, 0.717) is 23.5 Å². The molecule has 0 unspecified atom stereocenters. The van der Waals surface area contributed by atoms with E-state index in [9.17, 15) is 9.59 Å². The average molecular weight is 276 g/mol. The zero-order valence-electron chi connectivity index (χ0n) is 11.3. The number of hydrogen-bond acceptors (Lipinski definition) is 4. The molecular formula is C13H16N4O3. The molecule has 7 heteroatoms. The van der Waals surface area contributed by atoms with Crippen LogP contribution in [0.25, 0.3) is 11.0 Å². The fourth-order valence-corrected chi connectivity index (χ4v) is 1.72. The molecule has 7 nitrogen and oxygen atoms in total. The lowest BCUT2D eigenvalue weighted by atomic mass is 10.2. The summed E-state index contributed by atoms with van der Waals surface area (Å²) in [6.45, 7) is 4.62. The van der Waals surface area contributed by atoms with Gasteiger partial charge in [-0.05, 0) is 24.1 Å². The summed E-state index contributed by atoms with van der Waals surface area (Å²) in [6.07, 6.45) is 0. The maximum absolute atomic E-state index is 11.8. The topological polar surface area (TPSA) is 97.1 Å². The van der Waals surface area contributed by atoms with Crippen LogP contribution in [-0.4, -0.2) is 38.5 Å². The zero-order chi connectivity index (χ0) is 14.7. The Morgan fingerprint density at radius 2 is 2.15 bits per heavy atom. The Balaban J connectivity index is 2.19. The molecule has 0 saturated carbocycles. The summed E-state index contributed by atoms with van der Waals surface area (Å²) in [5, 5.41) is 19.5. The second-order valence-corrected chi connectivity index (χ2v) is 4.95. The summed E-state index contributed by atoms with van der Waals surface area (Å²) < 4.78 is 1.40. The van der Waals surface area contributed by atoms with Crippen LogP contribution in [0.4, 0.5) is 0 Å². The molecule has 0 fully saturated rings. The Morgan fingerprint density at radius 3 is 2.80 bits per heavy atom. The SMILES string of the molecule is CC(C)CNC(=O)Cn1nnc2ccc(C(=O)O)cc21. The van der Waals surface area contributed by atoms with Crippen LogP contribution in [0.3, 0.4) is 0 Å². The van der Waals surface area contributed by atoms with Gasteiger partial charge < -0.3 is 10.4 Å². The highest BCUT2D eigenvalue weighted by atomic mass is 16.4. The van der Waals surface area contributed by atoms with Gasteiger partial charge in [0.15, 0.2) is 0 Å². The van der Waals surface area contributed by atoms with Crippen LogP contribution >= 0.6 is 0 Å². The number of carboxylic acid groups (broad SMARTS) is 1. The molecule has 1 heterocycles. The van der Waals surface area contributed by atoms with Crippen LogP contribution in [0, 0.1) is 5.92 Å². The number of nitrogens with zero attached hydrogens (tertiary/aromatic N) is 3. The third-order valence-electron chi connectivity index (χ3n) is 2.76. The fourth-order valence-electron chi connectivity index (χ4n) is 1.72. The Bertz CT molecular complexity index is 648. The standard InChI is InChI=1S/C13H16N4O3/c1-8(2)6-14-12(18)7-17-11-5-9(13(19)20)3-4-10(11)15-16-17/h3-5,8H,6-7H2,1-2H3,(H,14,18)(H,19,20). The van der Waals surface area contributed by atoms with Crippen LogP contribution in [0.5, 0.6) is 0 Å². The van der Waals surface area contributed by atoms with Gasteiger partial charge in [-0.3, -0.25) is 4.79 Å². The van der Waals surface area contributed by atoms with Gasteiger partial charge in [0.05, 0.1) is 11.1 Å². The van der Waals surface area contributed by atoms with Gasteiger partial charge >= 0.3 is 5.97 Å². The lowest BCUT2D eigenvalue weighted by Crippen LogP contribution is -2.30. The number of carbonyl (C=O) groups excluding carboxylic acids is 1. The summed E-state index contributed by atoms with van der Waals surface area (Å²) >= 11 is 0. The number of aromatic nitrogens is 3. The summed E-state index contributed by atoms with van der Waals surface area (Å²) in [6, 6.07) is 4.50. The van der Waals surface area contributed by atoms with Gasteiger partial charge in [-0.1, -0.05) is 19.1 Å². The molecule has 0 atom stereocenters. The van der Waals surface area contributed by atoms with E-state index in [2.05, 4.69) is 15.6 Å². The van der Waals surface area contributed by atoms with Crippen molar-refractivity contribution in [2.24, 2.45) is 5.92 Å². The smallest absolute Gasteiger partial charge is 0.335 e. The van der Waals surface area contributed by atoms with Crippen LogP contribution < -0.4 is 5.32 Å². The Morgan fingerprint density at radius 1 is 1.40 bits per heavy atom. The van der Waals surface area contributed by atoms with Crippen LogP contribution in [0.15, 0.2) is 18.2 Å². The molecule has 2 rings (SSSR count). The van der Waals surface area contributed by atoms with Gasteiger partial charge in [0.1, 0.15) is 12.1 Å². The molecule has 0 spiro atoms. The van der Waals surface area contributed by atoms with Crippen molar-refractivity contribution < 1.29 is 14.7 Å². The van der Waals surface area contributed by atoms with Crippen molar-refractivity contribution >= 4 is 22.9 Å². The number of benzene rings is 1.